The maximum atomic E-state index is 5.25. The summed E-state index contributed by atoms with van der Waals surface area (Å²) in [4.78, 5) is 6.77. The molecular weight excluding hydrogens is 308 g/mol. The third-order valence-corrected chi connectivity index (χ3v) is 3.99. The number of para-hydroxylation sites is 1. The summed E-state index contributed by atoms with van der Waals surface area (Å²) in [5.41, 5.74) is 4.29. The molecule has 3 aromatic rings. The number of ether oxygens (including phenoxy) is 1. The summed E-state index contributed by atoms with van der Waals surface area (Å²) in [5.74, 6) is 0.847. The number of methoxy groups -OCH3 is 1. The zero-order chi connectivity index (χ0) is 17.6. The Morgan fingerprint density at radius 2 is 1.72 bits per heavy atom. The molecule has 126 valence electrons. The molecule has 3 rings (SSSR count). The summed E-state index contributed by atoms with van der Waals surface area (Å²) >= 11 is 0. The summed E-state index contributed by atoms with van der Waals surface area (Å²) < 4.78 is 5.25. The van der Waals surface area contributed by atoms with E-state index in [1.807, 2.05) is 42.5 Å². The maximum Gasteiger partial charge on any atom is 0.119 e. The molecule has 0 saturated heterocycles. The van der Waals surface area contributed by atoms with Crippen molar-refractivity contribution in [3.05, 3.63) is 78.0 Å². The number of pyridine rings is 1. The highest BCUT2D eigenvalue weighted by Crippen LogP contribution is 2.21. The first-order valence-corrected chi connectivity index (χ1v) is 8.23. The fourth-order valence-corrected chi connectivity index (χ4v) is 2.69. The van der Waals surface area contributed by atoms with Crippen LogP contribution in [0.25, 0.3) is 23.1 Å². The van der Waals surface area contributed by atoms with Crippen molar-refractivity contribution in [2.24, 2.45) is 0 Å². The van der Waals surface area contributed by atoms with E-state index >= 15 is 0 Å². The minimum atomic E-state index is 0.847. The fraction of sp³-hybridized carbons (Fsp3) is 0.136. The van der Waals surface area contributed by atoms with Gasteiger partial charge in [-0.15, -0.1) is 0 Å². The minimum absolute atomic E-state index is 0.847. The van der Waals surface area contributed by atoms with E-state index in [4.69, 9.17) is 4.74 Å². The molecule has 0 bridgehead atoms. The predicted octanol–water partition coefficient (Wildman–Crippen LogP) is 5.04. The lowest BCUT2D eigenvalue weighted by atomic mass is 10.1. The number of benzene rings is 2. The van der Waals surface area contributed by atoms with Gasteiger partial charge in [-0.2, -0.15) is 0 Å². The second-order valence-corrected chi connectivity index (χ2v) is 5.97. The Kier molecular flexibility index (Phi) is 5.14. The molecule has 3 nitrogen and oxygen atoms in total. The number of anilines is 1. The normalized spacial score (nSPS) is 11.5. The summed E-state index contributed by atoms with van der Waals surface area (Å²) in [6.07, 6.45) is 8.18. The van der Waals surface area contributed by atoms with E-state index in [-0.39, 0.29) is 0 Å². The van der Waals surface area contributed by atoms with Crippen LogP contribution in [0, 0.1) is 0 Å². The van der Waals surface area contributed by atoms with Crippen molar-refractivity contribution in [3.8, 4) is 5.75 Å². The Bertz CT molecular complexity index is 926. The largest absolute Gasteiger partial charge is 0.497 e. The number of hydrogen-bond donors (Lipinski definition) is 0. The molecule has 25 heavy (non-hydrogen) atoms. The quantitative estimate of drug-likeness (QED) is 0.613. The van der Waals surface area contributed by atoms with Gasteiger partial charge in [0.05, 0.1) is 18.3 Å². The smallest absolute Gasteiger partial charge is 0.119 e. The first kappa shape index (κ1) is 16.8. The van der Waals surface area contributed by atoms with Gasteiger partial charge >= 0.3 is 0 Å². The van der Waals surface area contributed by atoms with Gasteiger partial charge < -0.3 is 9.64 Å². The fourth-order valence-electron chi connectivity index (χ4n) is 2.69. The Labute approximate surface area is 148 Å². The van der Waals surface area contributed by atoms with Gasteiger partial charge in [0.1, 0.15) is 5.75 Å². The average Bonchev–Trinajstić information content (AvgIpc) is 2.65. The van der Waals surface area contributed by atoms with Crippen molar-refractivity contribution in [3.63, 3.8) is 0 Å². The molecule has 0 saturated carbocycles. The molecule has 1 aromatic heterocycles. The van der Waals surface area contributed by atoms with Crippen molar-refractivity contribution in [2.75, 3.05) is 26.1 Å². The van der Waals surface area contributed by atoms with Crippen LogP contribution >= 0.6 is 0 Å². The van der Waals surface area contributed by atoms with Gasteiger partial charge in [-0.25, -0.2) is 4.98 Å². The molecule has 0 spiro atoms. The highest BCUT2D eigenvalue weighted by atomic mass is 16.5. The summed E-state index contributed by atoms with van der Waals surface area (Å²) in [6.45, 7) is 0. The summed E-state index contributed by atoms with van der Waals surface area (Å²) in [7, 11) is 5.78. The Hall–Kier alpha value is -3.07. The average molecular weight is 330 g/mol. The second-order valence-electron chi connectivity index (χ2n) is 5.97. The molecule has 0 N–H and O–H groups in total. The molecule has 1 heterocycles. The minimum Gasteiger partial charge on any atom is -0.497 e. The standard InChI is InChI=1S/C22H22N2O/c1-24(2)22-11-7-5-9-17(22)8-4-6-10-19-13-12-18-16-20(25-3)14-15-21(18)23-19/h4-16H,1-3H3/b8-4+,10-6+. The number of aromatic nitrogens is 1. The Balaban J connectivity index is 1.77. The topological polar surface area (TPSA) is 25.4 Å². The number of allylic oxidation sites excluding steroid dienone is 2. The van der Waals surface area contributed by atoms with Gasteiger partial charge in [0.2, 0.25) is 0 Å². The van der Waals surface area contributed by atoms with E-state index in [0.29, 0.717) is 0 Å². The molecule has 0 aliphatic heterocycles. The molecule has 0 aliphatic carbocycles. The van der Waals surface area contributed by atoms with Crippen LogP contribution in [0.15, 0.2) is 66.7 Å². The van der Waals surface area contributed by atoms with Crippen LogP contribution in [0.4, 0.5) is 5.69 Å². The van der Waals surface area contributed by atoms with Crippen LogP contribution in [0.1, 0.15) is 11.3 Å². The van der Waals surface area contributed by atoms with E-state index < -0.39 is 0 Å². The number of fused-ring (bicyclic) bond motifs is 1. The summed E-state index contributed by atoms with van der Waals surface area (Å²) in [5, 5.41) is 1.08. The SMILES string of the molecule is COc1ccc2nc(/C=C/C=C/c3ccccc3N(C)C)ccc2c1. The van der Waals surface area contributed by atoms with Crippen molar-refractivity contribution in [1.29, 1.82) is 0 Å². The first-order valence-electron chi connectivity index (χ1n) is 8.23. The van der Waals surface area contributed by atoms with Crippen molar-refractivity contribution in [2.45, 2.75) is 0 Å². The molecule has 0 unspecified atom stereocenters. The van der Waals surface area contributed by atoms with Crippen LogP contribution in [0.3, 0.4) is 0 Å². The van der Waals surface area contributed by atoms with E-state index in [9.17, 15) is 0 Å². The Morgan fingerprint density at radius 3 is 2.52 bits per heavy atom. The molecule has 0 atom stereocenters. The molecule has 0 aliphatic rings. The third-order valence-electron chi connectivity index (χ3n) is 3.99. The highest BCUT2D eigenvalue weighted by molar-refractivity contribution is 5.81. The van der Waals surface area contributed by atoms with Crippen molar-refractivity contribution >= 4 is 28.7 Å². The lowest BCUT2D eigenvalue weighted by Gasteiger charge is -2.14. The zero-order valence-electron chi connectivity index (χ0n) is 14.8. The second kappa shape index (κ2) is 7.67. The molecule has 2 aromatic carbocycles. The zero-order valence-corrected chi connectivity index (χ0v) is 14.8. The molecule has 0 radical (unpaired) electrons. The number of nitrogens with zero attached hydrogens (tertiary/aromatic N) is 2. The van der Waals surface area contributed by atoms with Crippen LogP contribution in [-0.4, -0.2) is 26.2 Å². The molecular formula is C22H22N2O. The van der Waals surface area contributed by atoms with Crippen LogP contribution in [-0.2, 0) is 0 Å². The van der Waals surface area contributed by atoms with Crippen molar-refractivity contribution in [1.82, 2.24) is 4.98 Å². The third kappa shape index (κ3) is 4.07. The monoisotopic (exact) mass is 330 g/mol. The van der Waals surface area contributed by atoms with Crippen LogP contribution < -0.4 is 9.64 Å². The van der Waals surface area contributed by atoms with Gasteiger partial charge in [-0.05, 0) is 42.0 Å². The maximum absolute atomic E-state index is 5.25. The number of hydrogen-bond acceptors (Lipinski definition) is 3. The van der Waals surface area contributed by atoms with E-state index in [0.717, 1.165) is 22.3 Å². The van der Waals surface area contributed by atoms with Gasteiger partial charge in [-0.1, -0.05) is 42.5 Å². The van der Waals surface area contributed by atoms with Crippen LogP contribution in [0.5, 0.6) is 5.75 Å². The lowest BCUT2D eigenvalue weighted by molar-refractivity contribution is 0.415. The first-order chi connectivity index (χ1) is 12.2. The molecule has 3 heteroatoms. The van der Waals surface area contributed by atoms with Gasteiger partial charge in [-0.3, -0.25) is 0 Å². The highest BCUT2D eigenvalue weighted by Gasteiger charge is 2.00. The van der Waals surface area contributed by atoms with Gasteiger partial charge in [0.15, 0.2) is 0 Å². The van der Waals surface area contributed by atoms with Crippen LogP contribution in [0.2, 0.25) is 0 Å². The van der Waals surface area contributed by atoms with Gasteiger partial charge in [0.25, 0.3) is 0 Å². The molecule has 0 fully saturated rings. The molecule has 0 amide bonds. The van der Waals surface area contributed by atoms with E-state index in [2.05, 4.69) is 60.4 Å². The predicted molar refractivity (Wildman–Crippen MR) is 107 cm³/mol. The Morgan fingerprint density at radius 1 is 0.920 bits per heavy atom. The van der Waals surface area contributed by atoms with E-state index in [1.54, 1.807) is 7.11 Å². The number of rotatable bonds is 5. The summed E-state index contributed by atoms with van der Waals surface area (Å²) in [6, 6.07) is 18.3. The van der Waals surface area contributed by atoms with E-state index in [1.165, 1.54) is 11.3 Å². The lowest BCUT2D eigenvalue weighted by Crippen LogP contribution is -2.09. The van der Waals surface area contributed by atoms with Crippen molar-refractivity contribution < 1.29 is 4.74 Å². The van der Waals surface area contributed by atoms with Gasteiger partial charge in [0, 0.05) is 25.2 Å².